The topological polar surface area (TPSA) is 90.2 Å². The van der Waals surface area contributed by atoms with E-state index in [2.05, 4.69) is 0 Å². The van der Waals surface area contributed by atoms with E-state index in [0.717, 1.165) is 43.2 Å². The van der Waals surface area contributed by atoms with Gasteiger partial charge in [0, 0.05) is 11.5 Å². The Labute approximate surface area is 157 Å². The second-order valence-electron chi connectivity index (χ2n) is 8.45. The fourth-order valence-corrected chi connectivity index (χ4v) is 5.93. The molecule has 0 amide bonds. The zero-order chi connectivity index (χ0) is 19.0. The van der Waals surface area contributed by atoms with Gasteiger partial charge in [0.25, 0.3) is 0 Å². The number of aryl methyl sites for hydroxylation is 1. The highest BCUT2D eigenvalue weighted by molar-refractivity contribution is 5.53. The van der Waals surface area contributed by atoms with E-state index in [-0.39, 0.29) is 28.6 Å². The van der Waals surface area contributed by atoms with Gasteiger partial charge in [-0.05, 0) is 61.4 Å². The molecule has 2 fully saturated rings. The molecule has 4 atom stereocenters. The molecule has 0 saturated heterocycles. The molecule has 0 radical (unpaired) electrons. The first kappa shape index (κ1) is 16.8. The molecule has 5 rings (SSSR count). The number of hydrogen-bond donors (Lipinski definition) is 4. The van der Waals surface area contributed by atoms with Crippen molar-refractivity contribution in [2.75, 3.05) is 0 Å². The lowest BCUT2D eigenvalue weighted by Crippen LogP contribution is -2.77. The van der Waals surface area contributed by atoms with Gasteiger partial charge in [-0.15, -0.1) is 0 Å². The number of fused-ring (bicyclic) bond motifs is 1. The Balaban J connectivity index is 1.66. The second kappa shape index (κ2) is 5.32. The molecule has 5 nitrogen and oxygen atoms in total. The molecular weight excluding hydrogens is 344 g/mol. The maximum atomic E-state index is 11.3. The Hall–Kier alpha value is -2.40. The van der Waals surface area contributed by atoms with E-state index in [4.69, 9.17) is 4.74 Å². The lowest BCUT2D eigenvalue weighted by Gasteiger charge is -2.70. The van der Waals surface area contributed by atoms with Gasteiger partial charge in [-0.1, -0.05) is 18.6 Å². The van der Waals surface area contributed by atoms with Crippen LogP contribution in [0.4, 0.5) is 0 Å². The molecule has 1 aliphatic heterocycles. The number of aliphatic hydroxyl groups excluding tert-OH is 1. The molecular formula is C22H24O5. The first-order valence-electron chi connectivity index (χ1n) is 9.59. The minimum atomic E-state index is -0.580. The van der Waals surface area contributed by atoms with E-state index in [1.54, 1.807) is 25.1 Å². The van der Waals surface area contributed by atoms with Gasteiger partial charge in [0.2, 0.25) is 0 Å². The number of phenolic OH excluding ortho intramolecular Hbond substituents is 3. The highest BCUT2D eigenvalue weighted by Gasteiger charge is 2.75. The molecule has 5 heteroatoms. The number of rotatable bonds is 1. The zero-order valence-electron chi connectivity index (χ0n) is 15.3. The molecule has 1 heterocycles. The fourth-order valence-electron chi connectivity index (χ4n) is 5.93. The van der Waals surface area contributed by atoms with Crippen LogP contribution in [-0.4, -0.2) is 32.1 Å². The van der Waals surface area contributed by atoms with Crippen molar-refractivity contribution in [3.8, 4) is 23.0 Å². The summed E-state index contributed by atoms with van der Waals surface area (Å²) in [5.41, 5.74) is 1.49. The maximum Gasteiger partial charge on any atom is 0.160 e. The molecule has 4 unspecified atom stereocenters. The molecule has 142 valence electrons. The van der Waals surface area contributed by atoms with Crippen molar-refractivity contribution in [1.82, 2.24) is 0 Å². The van der Waals surface area contributed by atoms with Crippen LogP contribution in [0.1, 0.15) is 48.3 Å². The van der Waals surface area contributed by atoms with E-state index in [9.17, 15) is 20.4 Å². The average Bonchev–Trinajstić information content (AvgIpc) is 2.63. The van der Waals surface area contributed by atoms with Crippen LogP contribution in [-0.2, 0) is 6.42 Å². The highest BCUT2D eigenvalue weighted by Crippen LogP contribution is 2.70. The number of hydrogen-bond acceptors (Lipinski definition) is 5. The molecule has 0 spiro atoms. The highest BCUT2D eigenvalue weighted by atomic mass is 16.5. The van der Waals surface area contributed by atoms with E-state index in [1.165, 1.54) is 0 Å². The van der Waals surface area contributed by atoms with Crippen LogP contribution in [0.3, 0.4) is 0 Å². The maximum absolute atomic E-state index is 11.3. The van der Waals surface area contributed by atoms with Gasteiger partial charge in [0.15, 0.2) is 11.5 Å². The third kappa shape index (κ3) is 1.98. The predicted octanol–water partition coefficient (Wildman–Crippen LogP) is 3.50. The number of aliphatic hydroxyl groups is 1. The van der Waals surface area contributed by atoms with Crippen molar-refractivity contribution in [3.05, 3.63) is 47.0 Å². The summed E-state index contributed by atoms with van der Waals surface area (Å²) in [6.45, 7) is 1.74. The SMILES string of the molecule is Cc1cc(C2C(O)C34CCCCC23Oc2cc(O)ccc2C4)cc(O)c1O. The van der Waals surface area contributed by atoms with Gasteiger partial charge in [0.1, 0.15) is 17.1 Å². The molecule has 0 aromatic heterocycles. The van der Waals surface area contributed by atoms with Gasteiger partial charge in [-0.3, -0.25) is 0 Å². The second-order valence-corrected chi connectivity index (χ2v) is 8.45. The average molecular weight is 368 g/mol. The molecule has 2 aromatic rings. The van der Waals surface area contributed by atoms with E-state index < -0.39 is 11.7 Å². The Morgan fingerprint density at radius 3 is 2.59 bits per heavy atom. The van der Waals surface area contributed by atoms with E-state index in [0.29, 0.717) is 11.3 Å². The molecule has 27 heavy (non-hydrogen) atoms. The van der Waals surface area contributed by atoms with Crippen LogP contribution in [0, 0.1) is 12.3 Å². The summed E-state index contributed by atoms with van der Waals surface area (Å²) in [7, 11) is 0. The van der Waals surface area contributed by atoms with Crippen molar-refractivity contribution in [2.24, 2.45) is 5.41 Å². The summed E-state index contributed by atoms with van der Waals surface area (Å²) in [5, 5.41) is 41.2. The number of aromatic hydroxyl groups is 3. The standard InChI is InChI=1S/C22H24O5/c1-12-8-14(9-16(24)19(12)25)18-20(26)21-6-2-3-7-22(18,21)27-17-10-15(23)5-4-13(17)11-21/h4-5,8-10,18,20,23-26H,2-3,6-7,11H2,1H3. The first-order valence-corrected chi connectivity index (χ1v) is 9.59. The minimum Gasteiger partial charge on any atom is -0.508 e. The molecule has 2 aliphatic carbocycles. The van der Waals surface area contributed by atoms with Crippen molar-refractivity contribution in [2.45, 2.75) is 56.7 Å². The normalized spacial score (nSPS) is 33.9. The molecule has 4 N–H and O–H groups in total. The van der Waals surface area contributed by atoms with Crippen LogP contribution in [0.5, 0.6) is 23.0 Å². The minimum absolute atomic E-state index is 0.125. The lowest BCUT2D eigenvalue weighted by molar-refractivity contribution is -0.273. The van der Waals surface area contributed by atoms with Crippen LogP contribution in [0.2, 0.25) is 0 Å². The quantitative estimate of drug-likeness (QED) is 0.579. The smallest absolute Gasteiger partial charge is 0.160 e. The van der Waals surface area contributed by atoms with Crippen molar-refractivity contribution in [3.63, 3.8) is 0 Å². The Bertz CT molecular complexity index is 915. The largest absolute Gasteiger partial charge is 0.508 e. The van der Waals surface area contributed by atoms with Crippen LogP contribution in [0.25, 0.3) is 0 Å². The fraction of sp³-hybridized carbons (Fsp3) is 0.455. The summed E-state index contributed by atoms with van der Waals surface area (Å²) in [4.78, 5) is 0. The molecule has 2 saturated carbocycles. The third-order valence-corrected chi connectivity index (χ3v) is 7.16. The molecule has 2 aromatic carbocycles. The Morgan fingerprint density at radius 1 is 1.04 bits per heavy atom. The van der Waals surface area contributed by atoms with Crippen molar-refractivity contribution in [1.29, 1.82) is 0 Å². The first-order chi connectivity index (χ1) is 12.9. The summed E-state index contributed by atoms with van der Waals surface area (Å²) in [6.07, 6.45) is 3.94. The summed E-state index contributed by atoms with van der Waals surface area (Å²) < 4.78 is 6.58. The molecule has 3 aliphatic rings. The summed E-state index contributed by atoms with van der Waals surface area (Å²) >= 11 is 0. The summed E-state index contributed by atoms with van der Waals surface area (Å²) in [5.74, 6) is 0.279. The van der Waals surface area contributed by atoms with E-state index >= 15 is 0 Å². The van der Waals surface area contributed by atoms with Crippen molar-refractivity contribution >= 4 is 0 Å². The van der Waals surface area contributed by atoms with Crippen LogP contribution >= 0.6 is 0 Å². The van der Waals surface area contributed by atoms with E-state index in [1.807, 2.05) is 12.1 Å². The third-order valence-electron chi connectivity index (χ3n) is 7.16. The summed E-state index contributed by atoms with van der Waals surface area (Å²) in [6, 6.07) is 8.58. The molecule has 0 bridgehead atoms. The van der Waals surface area contributed by atoms with Crippen LogP contribution < -0.4 is 4.74 Å². The zero-order valence-corrected chi connectivity index (χ0v) is 15.3. The predicted molar refractivity (Wildman–Crippen MR) is 99.3 cm³/mol. The number of ether oxygens (including phenoxy) is 1. The van der Waals surface area contributed by atoms with Gasteiger partial charge >= 0.3 is 0 Å². The Morgan fingerprint density at radius 2 is 1.81 bits per heavy atom. The van der Waals surface area contributed by atoms with Crippen molar-refractivity contribution < 1.29 is 25.2 Å². The Kier molecular flexibility index (Phi) is 3.30. The van der Waals surface area contributed by atoms with Gasteiger partial charge < -0.3 is 25.2 Å². The number of phenols is 3. The lowest BCUT2D eigenvalue weighted by atomic mass is 9.40. The monoisotopic (exact) mass is 368 g/mol. The van der Waals surface area contributed by atoms with Crippen LogP contribution in [0.15, 0.2) is 30.3 Å². The number of benzene rings is 2. The van der Waals surface area contributed by atoms with Gasteiger partial charge in [-0.25, -0.2) is 0 Å². The van der Waals surface area contributed by atoms with Gasteiger partial charge in [0.05, 0.1) is 12.0 Å². The van der Waals surface area contributed by atoms with Gasteiger partial charge in [-0.2, -0.15) is 0 Å².